The Morgan fingerprint density at radius 2 is 1.80 bits per heavy atom. The number of hydrogen-bond donors (Lipinski definition) is 2. The lowest BCUT2D eigenvalue weighted by atomic mass is 10.1. The lowest BCUT2D eigenvalue weighted by Crippen LogP contribution is -2.00. The molecule has 30 heavy (non-hydrogen) atoms. The zero-order valence-corrected chi connectivity index (χ0v) is 17.2. The van der Waals surface area contributed by atoms with Crippen molar-refractivity contribution < 1.29 is 14.6 Å². The van der Waals surface area contributed by atoms with E-state index in [0.29, 0.717) is 43.5 Å². The number of carboxylic acid groups (broad SMARTS) is 1. The molecule has 1 aromatic heterocycles. The molecule has 4 rings (SSSR count). The summed E-state index contributed by atoms with van der Waals surface area (Å²) in [6.07, 6.45) is 0. The lowest BCUT2D eigenvalue weighted by molar-refractivity contribution is 0.0695. The number of ether oxygens (including phenoxy) is 1. The lowest BCUT2D eigenvalue weighted by Gasteiger charge is -2.05. The number of nitrogens with one attached hydrogen (secondary N) is 1. The highest BCUT2D eigenvalue weighted by atomic mass is 35.5. The quantitative estimate of drug-likeness (QED) is 0.382. The van der Waals surface area contributed by atoms with Crippen molar-refractivity contribution >= 4 is 40.2 Å². The molecule has 0 saturated carbocycles. The summed E-state index contributed by atoms with van der Waals surface area (Å²) in [5.41, 5.74) is 3.41. The van der Waals surface area contributed by atoms with Crippen molar-refractivity contribution in [1.82, 2.24) is 9.97 Å². The molecule has 0 amide bonds. The Balaban J connectivity index is 1.65. The van der Waals surface area contributed by atoms with Gasteiger partial charge in [-0.15, -0.1) is 0 Å². The van der Waals surface area contributed by atoms with Crippen molar-refractivity contribution in [3.8, 4) is 23.6 Å². The van der Waals surface area contributed by atoms with Crippen LogP contribution in [0.25, 0.3) is 11.0 Å². The first-order chi connectivity index (χ1) is 14.4. The normalized spacial score (nSPS) is 10.5. The van der Waals surface area contributed by atoms with E-state index in [2.05, 4.69) is 21.8 Å². The largest absolute Gasteiger partial charge is 0.478 e. The first kappa shape index (κ1) is 19.8. The number of aromatic nitrogens is 2. The van der Waals surface area contributed by atoms with Crippen LogP contribution in [0.5, 0.6) is 11.8 Å². The molecule has 0 spiro atoms. The second kappa shape index (κ2) is 8.11. The number of benzene rings is 3. The molecule has 5 nitrogen and oxygen atoms in total. The van der Waals surface area contributed by atoms with Gasteiger partial charge in [0.05, 0.1) is 26.6 Å². The van der Waals surface area contributed by atoms with E-state index in [1.165, 1.54) is 6.07 Å². The number of aryl methyl sites for hydroxylation is 1. The van der Waals surface area contributed by atoms with Crippen molar-refractivity contribution in [3.63, 3.8) is 0 Å². The molecule has 7 heteroatoms. The second-order valence-corrected chi connectivity index (χ2v) is 7.32. The minimum absolute atomic E-state index is 0.170. The van der Waals surface area contributed by atoms with E-state index in [1.807, 2.05) is 18.2 Å². The number of H-pyrrole nitrogens is 1. The number of imidazole rings is 1. The fourth-order valence-electron chi connectivity index (χ4n) is 2.86. The third kappa shape index (κ3) is 4.11. The molecule has 0 atom stereocenters. The van der Waals surface area contributed by atoms with Crippen LogP contribution in [0.3, 0.4) is 0 Å². The number of hydrogen-bond acceptors (Lipinski definition) is 3. The van der Waals surface area contributed by atoms with Gasteiger partial charge in [-0.05, 0) is 48.9 Å². The first-order valence-corrected chi connectivity index (χ1v) is 9.64. The van der Waals surface area contributed by atoms with Gasteiger partial charge in [0.2, 0.25) is 0 Å². The van der Waals surface area contributed by atoms with Gasteiger partial charge in [0.25, 0.3) is 6.01 Å². The summed E-state index contributed by atoms with van der Waals surface area (Å²) >= 11 is 12.5. The van der Waals surface area contributed by atoms with E-state index in [0.717, 1.165) is 0 Å². The van der Waals surface area contributed by atoms with Gasteiger partial charge < -0.3 is 14.8 Å². The Morgan fingerprint density at radius 3 is 2.57 bits per heavy atom. The molecule has 0 aliphatic heterocycles. The number of carbonyl (C=O) groups is 1. The van der Waals surface area contributed by atoms with Gasteiger partial charge in [-0.25, -0.2) is 4.79 Å². The Bertz CT molecular complexity index is 1350. The van der Waals surface area contributed by atoms with Crippen LogP contribution >= 0.6 is 23.2 Å². The first-order valence-electron chi connectivity index (χ1n) is 8.88. The number of nitrogens with zero attached hydrogens (tertiary/aromatic N) is 1. The molecule has 0 fully saturated rings. The van der Waals surface area contributed by atoms with Crippen LogP contribution in [0.2, 0.25) is 10.0 Å². The van der Waals surface area contributed by atoms with Gasteiger partial charge in [-0.3, -0.25) is 0 Å². The van der Waals surface area contributed by atoms with E-state index in [4.69, 9.17) is 27.9 Å². The molecule has 0 aliphatic rings. The number of rotatable bonds is 3. The molecule has 3 aromatic carbocycles. The van der Waals surface area contributed by atoms with E-state index >= 15 is 0 Å². The number of fused-ring (bicyclic) bond motifs is 1. The maximum absolute atomic E-state index is 11.3. The predicted molar refractivity (Wildman–Crippen MR) is 117 cm³/mol. The van der Waals surface area contributed by atoms with Crippen molar-refractivity contribution in [1.29, 1.82) is 0 Å². The Kier molecular flexibility index (Phi) is 5.37. The smallest absolute Gasteiger partial charge is 0.336 e. The number of aromatic amines is 1. The average molecular weight is 437 g/mol. The fraction of sp³-hybridized carbons (Fsp3) is 0.0435. The topological polar surface area (TPSA) is 75.2 Å². The molecule has 0 bridgehead atoms. The number of carboxylic acids is 1. The second-order valence-electron chi connectivity index (χ2n) is 6.50. The highest BCUT2D eigenvalue weighted by molar-refractivity contribution is 6.32. The monoisotopic (exact) mass is 436 g/mol. The molecule has 2 N–H and O–H groups in total. The van der Waals surface area contributed by atoms with Crippen LogP contribution in [0.4, 0.5) is 0 Å². The van der Waals surface area contributed by atoms with Crippen LogP contribution in [-0.2, 0) is 0 Å². The van der Waals surface area contributed by atoms with Crippen LogP contribution < -0.4 is 4.74 Å². The minimum Gasteiger partial charge on any atom is -0.478 e. The predicted octanol–water partition coefficient (Wildman–Crippen LogP) is 6.07. The van der Waals surface area contributed by atoms with Gasteiger partial charge in [0.1, 0.15) is 5.75 Å². The van der Waals surface area contributed by atoms with Gasteiger partial charge in [0, 0.05) is 11.1 Å². The summed E-state index contributed by atoms with van der Waals surface area (Å²) in [6, 6.07) is 15.8. The van der Waals surface area contributed by atoms with Crippen molar-refractivity contribution in [2.75, 3.05) is 0 Å². The summed E-state index contributed by atoms with van der Waals surface area (Å²) in [5.74, 6) is 5.38. The zero-order valence-electron chi connectivity index (χ0n) is 15.7. The van der Waals surface area contributed by atoms with Crippen LogP contribution in [0.1, 0.15) is 27.0 Å². The van der Waals surface area contributed by atoms with Gasteiger partial charge in [-0.2, -0.15) is 4.98 Å². The fourth-order valence-corrected chi connectivity index (χ4v) is 3.25. The summed E-state index contributed by atoms with van der Waals surface area (Å²) in [6.45, 7) is 1.72. The molecule has 0 radical (unpaired) electrons. The summed E-state index contributed by atoms with van der Waals surface area (Å²) in [7, 11) is 0. The Morgan fingerprint density at radius 1 is 1.03 bits per heavy atom. The van der Waals surface area contributed by atoms with E-state index in [9.17, 15) is 9.90 Å². The molecule has 0 aliphatic carbocycles. The maximum Gasteiger partial charge on any atom is 0.336 e. The maximum atomic E-state index is 11.3. The van der Waals surface area contributed by atoms with Crippen molar-refractivity contribution in [2.24, 2.45) is 0 Å². The number of halogens is 2. The highest BCUT2D eigenvalue weighted by Gasteiger charge is 2.12. The number of aromatic carboxylic acids is 1. The molecule has 0 unspecified atom stereocenters. The van der Waals surface area contributed by atoms with Crippen LogP contribution in [-0.4, -0.2) is 21.0 Å². The molecular weight excluding hydrogens is 423 g/mol. The molecular formula is C23H14Cl2N2O3. The SMILES string of the molecule is Cc1ccc(Oc2nc3cc(C#Cc4ccccc4Cl)c(Cl)cc3[nH]2)cc1C(=O)O. The van der Waals surface area contributed by atoms with Gasteiger partial charge >= 0.3 is 5.97 Å². The summed E-state index contributed by atoms with van der Waals surface area (Å²) in [4.78, 5) is 18.7. The summed E-state index contributed by atoms with van der Waals surface area (Å²) in [5, 5.41) is 10.3. The van der Waals surface area contributed by atoms with Gasteiger partial charge in [0.15, 0.2) is 0 Å². The van der Waals surface area contributed by atoms with Crippen molar-refractivity contribution in [2.45, 2.75) is 6.92 Å². The van der Waals surface area contributed by atoms with Crippen molar-refractivity contribution in [3.05, 3.63) is 86.9 Å². The van der Waals surface area contributed by atoms with E-state index in [1.54, 1.807) is 37.3 Å². The molecule has 0 saturated heterocycles. The van der Waals surface area contributed by atoms with E-state index < -0.39 is 5.97 Å². The summed E-state index contributed by atoms with van der Waals surface area (Å²) < 4.78 is 5.71. The standard InChI is InChI=1S/C23H14Cl2N2O3/c1-13-6-9-16(11-17(13)22(28)29)30-23-26-20-10-15(19(25)12-21(20)27-23)8-7-14-4-2-3-5-18(14)24/h2-6,9-12H,1H3,(H,26,27)(H,28,29). The highest BCUT2D eigenvalue weighted by Crippen LogP contribution is 2.27. The van der Waals surface area contributed by atoms with E-state index in [-0.39, 0.29) is 11.6 Å². The Hall–Kier alpha value is -3.46. The molecule has 1 heterocycles. The minimum atomic E-state index is -1.02. The van der Waals surface area contributed by atoms with Crippen LogP contribution in [0.15, 0.2) is 54.6 Å². The zero-order chi connectivity index (χ0) is 21.3. The van der Waals surface area contributed by atoms with Crippen LogP contribution in [0, 0.1) is 18.8 Å². The average Bonchev–Trinajstić information content (AvgIpc) is 3.09. The van der Waals surface area contributed by atoms with Gasteiger partial charge in [-0.1, -0.05) is 53.2 Å². The molecule has 4 aromatic rings. The third-order valence-corrected chi connectivity index (χ3v) is 5.05. The Labute approximate surface area is 182 Å². The molecule has 148 valence electrons. The third-order valence-electron chi connectivity index (χ3n) is 4.41.